The van der Waals surface area contributed by atoms with E-state index < -0.39 is 0 Å². The normalized spacial score (nSPS) is 11.6. The molecule has 0 aliphatic carbocycles. The third-order valence-electron chi connectivity index (χ3n) is 4.15. The van der Waals surface area contributed by atoms with Crippen LogP contribution in [0.15, 0.2) is 73.2 Å². The monoisotopic (exact) mass is 346 g/mol. The van der Waals surface area contributed by atoms with E-state index in [-0.39, 0.29) is 5.91 Å². The van der Waals surface area contributed by atoms with Gasteiger partial charge in [-0.25, -0.2) is 0 Å². The zero-order chi connectivity index (χ0) is 18.2. The Labute approximate surface area is 153 Å². The van der Waals surface area contributed by atoms with Crippen LogP contribution in [-0.4, -0.2) is 22.4 Å². The van der Waals surface area contributed by atoms with Crippen molar-refractivity contribution in [3.8, 4) is 0 Å². The molecule has 0 fully saturated rings. The summed E-state index contributed by atoms with van der Waals surface area (Å²) in [6.45, 7) is 3.38. The van der Waals surface area contributed by atoms with Gasteiger partial charge in [0, 0.05) is 37.4 Å². The molecule has 1 atom stereocenters. The van der Waals surface area contributed by atoms with Crippen LogP contribution in [0.3, 0.4) is 0 Å². The molecule has 5 heteroatoms. The molecule has 0 saturated heterocycles. The van der Waals surface area contributed by atoms with Crippen molar-refractivity contribution in [2.75, 3.05) is 11.9 Å². The fourth-order valence-electron chi connectivity index (χ4n) is 2.61. The number of hydrogen-bond donors (Lipinski definition) is 2. The number of nitrogens with one attached hydrogen (secondary N) is 2. The summed E-state index contributed by atoms with van der Waals surface area (Å²) in [7, 11) is 0. The van der Waals surface area contributed by atoms with Gasteiger partial charge in [0.05, 0.1) is 0 Å². The smallest absolute Gasteiger partial charge is 0.270 e. The summed E-state index contributed by atoms with van der Waals surface area (Å²) in [5.74, 6) is 0.167. The third kappa shape index (κ3) is 4.89. The van der Waals surface area contributed by atoms with E-state index in [1.807, 2.05) is 36.4 Å². The number of pyridine rings is 2. The predicted octanol–water partition coefficient (Wildman–Crippen LogP) is 3.62. The molecule has 1 aromatic carbocycles. The summed E-state index contributed by atoms with van der Waals surface area (Å²) in [6, 6.07) is 17.8. The van der Waals surface area contributed by atoms with Crippen LogP contribution in [0.2, 0.25) is 0 Å². The van der Waals surface area contributed by atoms with Gasteiger partial charge in [0.25, 0.3) is 5.91 Å². The van der Waals surface area contributed by atoms with Crippen molar-refractivity contribution in [3.05, 3.63) is 90.0 Å². The number of hydrogen-bond acceptors (Lipinski definition) is 4. The van der Waals surface area contributed by atoms with E-state index >= 15 is 0 Å². The van der Waals surface area contributed by atoms with Crippen LogP contribution in [0.25, 0.3) is 0 Å². The van der Waals surface area contributed by atoms with E-state index in [0.717, 1.165) is 17.8 Å². The minimum Gasteiger partial charge on any atom is -0.384 e. The largest absolute Gasteiger partial charge is 0.384 e. The average molecular weight is 346 g/mol. The Balaban J connectivity index is 1.56. The lowest BCUT2D eigenvalue weighted by Gasteiger charge is -2.14. The molecule has 132 valence electrons. The zero-order valence-electron chi connectivity index (χ0n) is 14.7. The number of benzene rings is 1. The highest BCUT2D eigenvalue weighted by Crippen LogP contribution is 2.16. The molecular weight excluding hydrogens is 324 g/mol. The van der Waals surface area contributed by atoms with Crippen LogP contribution in [0, 0.1) is 0 Å². The van der Waals surface area contributed by atoms with Crippen LogP contribution in [0.4, 0.5) is 5.69 Å². The van der Waals surface area contributed by atoms with Gasteiger partial charge in [0.2, 0.25) is 0 Å². The Morgan fingerprint density at radius 1 is 1.08 bits per heavy atom. The Morgan fingerprint density at radius 2 is 1.92 bits per heavy atom. The lowest BCUT2D eigenvalue weighted by Crippen LogP contribution is -2.24. The number of carbonyl (C=O) groups is 1. The molecule has 0 unspecified atom stereocenters. The van der Waals surface area contributed by atoms with Gasteiger partial charge in [0.15, 0.2) is 0 Å². The number of amides is 1. The topological polar surface area (TPSA) is 66.9 Å². The van der Waals surface area contributed by atoms with Crippen LogP contribution >= 0.6 is 0 Å². The number of aromatic nitrogens is 2. The Hall–Kier alpha value is -3.21. The lowest BCUT2D eigenvalue weighted by molar-refractivity contribution is 0.0946. The van der Waals surface area contributed by atoms with Crippen molar-refractivity contribution in [2.45, 2.75) is 19.4 Å². The van der Waals surface area contributed by atoms with Crippen LogP contribution in [0.5, 0.6) is 0 Å². The van der Waals surface area contributed by atoms with Gasteiger partial charge < -0.3 is 10.6 Å². The molecule has 3 aromatic rings. The second kappa shape index (κ2) is 8.76. The highest BCUT2D eigenvalue weighted by atomic mass is 16.1. The standard InChI is InChI=1S/C21H22N4O/c1-16(18-7-3-2-4-8-18)13-24-19-9-11-23-20(12-19)21(26)25-15-17-6-5-10-22-14-17/h2-12,14,16H,13,15H2,1H3,(H,23,24)(H,25,26)/t16-/m0/s1. The maximum absolute atomic E-state index is 12.3. The van der Waals surface area contributed by atoms with Crippen molar-refractivity contribution < 1.29 is 4.79 Å². The second-order valence-corrected chi connectivity index (χ2v) is 6.17. The first-order chi connectivity index (χ1) is 12.7. The minimum absolute atomic E-state index is 0.200. The highest BCUT2D eigenvalue weighted by molar-refractivity contribution is 5.93. The Bertz CT molecular complexity index is 837. The maximum atomic E-state index is 12.3. The predicted molar refractivity (Wildman–Crippen MR) is 103 cm³/mol. The highest BCUT2D eigenvalue weighted by Gasteiger charge is 2.09. The summed E-state index contributed by atoms with van der Waals surface area (Å²) < 4.78 is 0. The summed E-state index contributed by atoms with van der Waals surface area (Å²) in [5.41, 5.74) is 3.51. The van der Waals surface area contributed by atoms with Gasteiger partial charge in [-0.1, -0.05) is 43.3 Å². The van der Waals surface area contributed by atoms with Crippen molar-refractivity contribution in [1.82, 2.24) is 15.3 Å². The van der Waals surface area contributed by atoms with Crippen molar-refractivity contribution in [1.29, 1.82) is 0 Å². The molecular formula is C21H22N4O. The fraction of sp³-hybridized carbons (Fsp3) is 0.190. The first kappa shape index (κ1) is 17.6. The molecule has 1 amide bonds. The molecule has 0 bridgehead atoms. The first-order valence-corrected chi connectivity index (χ1v) is 8.64. The van der Waals surface area contributed by atoms with E-state index in [1.165, 1.54) is 5.56 Å². The second-order valence-electron chi connectivity index (χ2n) is 6.17. The Kier molecular flexibility index (Phi) is 5.93. The maximum Gasteiger partial charge on any atom is 0.270 e. The quantitative estimate of drug-likeness (QED) is 0.686. The van der Waals surface area contributed by atoms with Gasteiger partial charge in [0.1, 0.15) is 5.69 Å². The van der Waals surface area contributed by atoms with E-state index in [9.17, 15) is 4.79 Å². The average Bonchev–Trinajstić information content (AvgIpc) is 2.72. The van der Waals surface area contributed by atoms with Gasteiger partial charge in [-0.3, -0.25) is 14.8 Å². The van der Waals surface area contributed by atoms with E-state index in [0.29, 0.717) is 18.2 Å². The molecule has 2 aromatic heterocycles. The third-order valence-corrected chi connectivity index (χ3v) is 4.15. The van der Waals surface area contributed by atoms with Gasteiger partial charge in [-0.2, -0.15) is 0 Å². The molecule has 0 aliphatic rings. The minimum atomic E-state index is -0.200. The summed E-state index contributed by atoms with van der Waals surface area (Å²) in [5, 5.41) is 6.25. The molecule has 5 nitrogen and oxygen atoms in total. The lowest BCUT2D eigenvalue weighted by atomic mass is 10.0. The molecule has 2 N–H and O–H groups in total. The molecule has 26 heavy (non-hydrogen) atoms. The van der Waals surface area contributed by atoms with Gasteiger partial charge in [-0.15, -0.1) is 0 Å². The van der Waals surface area contributed by atoms with Crippen LogP contribution < -0.4 is 10.6 Å². The van der Waals surface area contributed by atoms with Crippen LogP contribution in [0.1, 0.15) is 34.5 Å². The SMILES string of the molecule is C[C@@H](CNc1ccnc(C(=O)NCc2cccnc2)c1)c1ccccc1. The summed E-state index contributed by atoms with van der Waals surface area (Å²) in [4.78, 5) is 20.5. The first-order valence-electron chi connectivity index (χ1n) is 8.64. The number of carbonyl (C=O) groups excluding carboxylic acids is 1. The van der Waals surface area contributed by atoms with Crippen molar-refractivity contribution >= 4 is 11.6 Å². The molecule has 0 radical (unpaired) electrons. The molecule has 0 aliphatic heterocycles. The van der Waals surface area contributed by atoms with Gasteiger partial charge in [-0.05, 0) is 35.2 Å². The molecule has 0 saturated carbocycles. The van der Waals surface area contributed by atoms with Crippen LogP contribution in [-0.2, 0) is 6.54 Å². The Morgan fingerprint density at radius 3 is 2.69 bits per heavy atom. The molecule has 2 heterocycles. The van der Waals surface area contributed by atoms with Gasteiger partial charge >= 0.3 is 0 Å². The van der Waals surface area contributed by atoms with Crippen molar-refractivity contribution in [3.63, 3.8) is 0 Å². The number of nitrogens with zero attached hydrogens (tertiary/aromatic N) is 2. The molecule has 0 spiro atoms. The number of rotatable bonds is 7. The molecule has 3 rings (SSSR count). The number of anilines is 1. The van der Waals surface area contributed by atoms with Crippen molar-refractivity contribution in [2.24, 2.45) is 0 Å². The fourth-order valence-corrected chi connectivity index (χ4v) is 2.61. The van der Waals surface area contributed by atoms with E-state index in [2.05, 4.69) is 39.7 Å². The summed E-state index contributed by atoms with van der Waals surface area (Å²) >= 11 is 0. The zero-order valence-corrected chi connectivity index (χ0v) is 14.7. The van der Waals surface area contributed by atoms with E-state index in [4.69, 9.17) is 0 Å². The summed E-state index contributed by atoms with van der Waals surface area (Å²) in [6.07, 6.45) is 5.09. The van der Waals surface area contributed by atoms with E-state index in [1.54, 1.807) is 24.7 Å².